The number of H-pyrrole nitrogens is 2. The number of aryl methyl sites for hydroxylation is 1. The zero-order valence-electron chi connectivity index (χ0n) is 26.8. The largest absolute Gasteiger partial charge is 0.436 e. The van der Waals surface area contributed by atoms with Crippen molar-refractivity contribution in [1.29, 1.82) is 0 Å². The SMILES string of the molecule is Cc1cc(C[C@@H](OC(=O)N2CCC(n3c(=O)[nH]c4ccccc43)CC2)C(=O)N2CCN(C3CCN(C)CC3)CC2)cc2cn[nH]c12. The molecule has 2 N–H and O–H groups in total. The maximum Gasteiger partial charge on any atom is 0.410 e. The van der Waals surface area contributed by atoms with Gasteiger partial charge in [0.25, 0.3) is 5.91 Å². The Morgan fingerprint density at radius 3 is 2.41 bits per heavy atom. The van der Waals surface area contributed by atoms with Gasteiger partial charge >= 0.3 is 11.8 Å². The first-order valence-corrected chi connectivity index (χ1v) is 16.6. The van der Waals surface area contributed by atoms with Gasteiger partial charge in [0.15, 0.2) is 6.10 Å². The Kier molecular flexibility index (Phi) is 8.56. The van der Waals surface area contributed by atoms with Crippen LogP contribution in [0.2, 0.25) is 0 Å². The molecular weight excluding hydrogens is 584 g/mol. The summed E-state index contributed by atoms with van der Waals surface area (Å²) in [4.78, 5) is 51.8. The molecule has 12 heteroatoms. The molecular formula is C34H44N8O4. The van der Waals surface area contributed by atoms with E-state index < -0.39 is 12.2 Å². The van der Waals surface area contributed by atoms with Gasteiger partial charge in [0, 0.05) is 63.2 Å². The van der Waals surface area contributed by atoms with E-state index in [4.69, 9.17) is 4.74 Å². The van der Waals surface area contributed by atoms with Crippen LogP contribution in [-0.4, -0.2) is 123 Å². The highest BCUT2D eigenvalue weighted by molar-refractivity contribution is 5.85. The molecule has 0 saturated carbocycles. The monoisotopic (exact) mass is 628 g/mol. The minimum absolute atomic E-state index is 0.0179. The Morgan fingerprint density at radius 2 is 1.65 bits per heavy atom. The van der Waals surface area contributed by atoms with Gasteiger partial charge in [-0.2, -0.15) is 5.10 Å². The van der Waals surface area contributed by atoms with E-state index in [1.54, 1.807) is 11.1 Å². The first-order valence-electron chi connectivity index (χ1n) is 16.6. The number of para-hydroxylation sites is 2. The molecule has 3 aliphatic rings. The molecule has 12 nitrogen and oxygen atoms in total. The van der Waals surface area contributed by atoms with Crippen LogP contribution >= 0.6 is 0 Å². The summed E-state index contributed by atoms with van der Waals surface area (Å²) in [5.74, 6) is -0.137. The van der Waals surface area contributed by atoms with E-state index in [0.717, 1.165) is 72.1 Å². The number of rotatable bonds is 6. The van der Waals surface area contributed by atoms with Crippen molar-refractivity contribution in [2.24, 2.45) is 0 Å². The zero-order chi connectivity index (χ0) is 31.8. The number of aromatic nitrogens is 4. The highest BCUT2D eigenvalue weighted by atomic mass is 16.6. The molecule has 3 fully saturated rings. The first-order chi connectivity index (χ1) is 22.3. The molecule has 244 valence electrons. The Labute approximate surface area is 268 Å². The number of benzene rings is 2. The molecule has 0 spiro atoms. The maximum absolute atomic E-state index is 14.1. The Morgan fingerprint density at radius 1 is 0.935 bits per heavy atom. The van der Waals surface area contributed by atoms with E-state index >= 15 is 0 Å². The number of carbonyl (C=O) groups is 2. The molecule has 0 radical (unpaired) electrons. The van der Waals surface area contributed by atoms with Crippen LogP contribution in [0.5, 0.6) is 0 Å². The van der Waals surface area contributed by atoms with Crippen LogP contribution in [0.25, 0.3) is 21.9 Å². The quantitative estimate of drug-likeness (QED) is 0.337. The molecule has 46 heavy (non-hydrogen) atoms. The predicted octanol–water partition coefficient (Wildman–Crippen LogP) is 3.14. The summed E-state index contributed by atoms with van der Waals surface area (Å²) in [7, 11) is 2.17. The number of aromatic amines is 2. The van der Waals surface area contributed by atoms with E-state index in [1.807, 2.05) is 52.8 Å². The van der Waals surface area contributed by atoms with Gasteiger partial charge in [0.05, 0.1) is 22.7 Å². The molecule has 1 atom stereocenters. The van der Waals surface area contributed by atoms with E-state index in [-0.39, 0.29) is 17.6 Å². The summed E-state index contributed by atoms with van der Waals surface area (Å²) >= 11 is 0. The number of fused-ring (bicyclic) bond motifs is 2. The summed E-state index contributed by atoms with van der Waals surface area (Å²) in [6, 6.07) is 12.3. The van der Waals surface area contributed by atoms with Crippen molar-refractivity contribution >= 4 is 33.9 Å². The summed E-state index contributed by atoms with van der Waals surface area (Å²) in [5, 5.41) is 8.17. The van der Waals surface area contributed by atoms with Gasteiger partial charge in [-0.15, -0.1) is 0 Å². The Balaban J connectivity index is 1.03. The number of nitrogens with zero attached hydrogens (tertiary/aromatic N) is 6. The fraction of sp³-hybridized carbons (Fsp3) is 0.529. The number of hydrogen-bond acceptors (Lipinski definition) is 7. The van der Waals surface area contributed by atoms with Crippen LogP contribution in [0.1, 0.15) is 42.9 Å². The third kappa shape index (κ3) is 6.15. The topological polar surface area (TPSA) is 123 Å². The predicted molar refractivity (Wildman–Crippen MR) is 176 cm³/mol. The molecule has 0 aliphatic carbocycles. The van der Waals surface area contributed by atoms with Crippen molar-refractivity contribution < 1.29 is 14.3 Å². The van der Waals surface area contributed by atoms with Crippen molar-refractivity contribution in [3.05, 3.63) is 64.2 Å². The van der Waals surface area contributed by atoms with Crippen molar-refractivity contribution in [1.82, 2.24) is 39.3 Å². The van der Waals surface area contributed by atoms with Crippen molar-refractivity contribution in [3.8, 4) is 0 Å². The number of piperazine rings is 1. The molecule has 7 rings (SSSR count). The molecule has 2 amide bonds. The van der Waals surface area contributed by atoms with Gasteiger partial charge in [-0.05, 0) is 82.1 Å². The molecule has 0 unspecified atom stereocenters. The minimum Gasteiger partial charge on any atom is -0.436 e. The summed E-state index contributed by atoms with van der Waals surface area (Å²) in [5.41, 5.74) is 4.48. The van der Waals surface area contributed by atoms with Gasteiger partial charge in [-0.25, -0.2) is 9.59 Å². The standard InChI is InChI=1S/C34H44N8O4/c1-23-19-24(20-25-22-35-37-31(23)25)21-30(32(43)40-17-15-39(16-18-40)26-7-11-38(2)12-8-26)46-34(45)41-13-9-27(10-14-41)42-29-6-4-3-5-28(29)36-33(42)44/h3-6,19-20,22,26-27,30H,7-18,21H2,1-2H3,(H,35,37)(H,36,44)/t30-/m1/s1. The molecule has 2 aromatic carbocycles. The number of likely N-dealkylation sites (tertiary alicyclic amines) is 2. The lowest BCUT2D eigenvalue weighted by atomic mass is 10.0. The molecule has 3 aliphatic heterocycles. The number of imidazole rings is 1. The van der Waals surface area contributed by atoms with Crippen LogP contribution < -0.4 is 5.69 Å². The van der Waals surface area contributed by atoms with E-state index in [0.29, 0.717) is 51.5 Å². The number of nitrogens with one attached hydrogen (secondary N) is 2. The van der Waals surface area contributed by atoms with Crippen molar-refractivity contribution in [2.75, 3.05) is 59.4 Å². The van der Waals surface area contributed by atoms with Crippen molar-refractivity contribution in [2.45, 2.75) is 57.2 Å². The maximum atomic E-state index is 14.1. The number of amides is 2. The van der Waals surface area contributed by atoms with E-state index in [1.165, 1.54) is 0 Å². The molecule has 0 bridgehead atoms. The normalized spacial score (nSPS) is 20.0. The highest BCUT2D eigenvalue weighted by Crippen LogP contribution is 2.27. The van der Waals surface area contributed by atoms with Crippen LogP contribution in [0.3, 0.4) is 0 Å². The van der Waals surface area contributed by atoms with Gasteiger partial charge in [0.1, 0.15) is 0 Å². The number of ether oxygens (including phenoxy) is 1. The minimum atomic E-state index is -0.930. The number of piperidine rings is 2. The lowest BCUT2D eigenvalue weighted by Crippen LogP contribution is -2.56. The van der Waals surface area contributed by atoms with Crippen LogP contribution in [0.15, 0.2) is 47.4 Å². The molecule has 4 aromatic rings. The molecule has 3 saturated heterocycles. The summed E-state index contributed by atoms with van der Waals surface area (Å²) in [6.45, 7) is 8.06. The third-order valence-corrected chi connectivity index (χ3v) is 10.3. The molecule has 5 heterocycles. The Bertz CT molecular complexity index is 1750. The zero-order valence-corrected chi connectivity index (χ0v) is 26.8. The smallest absolute Gasteiger partial charge is 0.410 e. The second kappa shape index (κ2) is 12.9. The van der Waals surface area contributed by atoms with Crippen molar-refractivity contribution in [3.63, 3.8) is 0 Å². The number of carbonyl (C=O) groups excluding carboxylic acids is 2. The molecule has 2 aromatic heterocycles. The van der Waals surface area contributed by atoms with Gasteiger partial charge in [-0.3, -0.25) is 19.4 Å². The Hall–Kier alpha value is -4.16. The second-order valence-electron chi connectivity index (χ2n) is 13.3. The van der Waals surface area contributed by atoms with Gasteiger partial charge in [-0.1, -0.05) is 18.2 Å². The lowest BCUT2D eigenvalue weighted by Gasteiger charge is -2.42. The highest BCUT2D eigenvalue weighted by Gasteiger charge is 2.35. The first kappa shape index (κ1) is 30.5. The average Bonchev–Trinajstić information content (AvgIpc) is 3.68. The average molecular weight is 629 g/mol. The second-order valence-corrected chi connectivity index (χ2v) is 13.3. The van der Waals surface area contributed by atoms with Gasteiger partial charge < -0.3 is 24.4 Å². The summed E-state index contributed by atoms with van der Waals surface area (Å²) < 4.78 is 7.91. The van der Waals surface area contributed by atoms with Gasteiger partial charge in [0.2, 0.25) is 0 Å². The fourth-order valence-corrected chi connectivity index (χ4v) is 7.63. The van der Waals surface area contributed by atoms with E-state index in [9.17, 15) is 14.4 Å². The van der Waals surface area contributed by atoms with Crippen LogP contribution in [-0.2, 0) is 16.0 Å². The summed E-state index contributed by atoms with van der Waals surface area (Å²) in [6.07, 6.45) is 4.24. The van der Waals surface area contributed by atoms with Crippen LogP contribution in [0.4, 0.5) is 4.79 Å². The van der Waals surface area contributed by atoms with Crippen LogP contribution in [0, 0.1) is 6.92 Å². The van der Waals surface area contributed by atoms with E-state index in [2.05, 4.69) is 32.0 Å². The lowest BCUT2D eigenvalue weighted by molar-refractivity contribution is -0.143. The third-order valence-electron chi connectivity index (χ3n) is 10.3. The fourth-order valence-electron chi connectivity index (χ4n) is 7.63. The number of hydrogen-bond donors (Lipinski definition) is 2.